The molecule has 2 unspecified atom stereocenters. The Balaban J connectivity index is 1.60. The van der Waals surface area contributed by atoms with Crippen LogP contribution in [0.1, 0.15) is 34.6 Å². The number of carbonyl (C=O) groups is 2. The fourth-order valence-corrected chi connectivity index (χ4v) is 3.54. The summed E-state index contributed by atoms with van der Waals surface area (Å²) in [5, 5.41) is 14.5. The lowest BCUT2D eigenvalue weighted by Gasteiger charge is -2.38. The number of anilines is 1. The summed E-state index contributed by atoms with van der Waals surface area (Å²) in [7, 11) is 0. The Kier molecular flexibility index (Phi) is 5.92. The second-order valence-electron chi connectivity index (χ2n) is 7.55. The molecular formula is C24H22ClN3O4. The van der Waals surface area contributed by atoms with Gasteiger partial charge in [-0.1, -0.05) is 41.4 Å². The number of aryl methyl sites for hydroxylation is 1. The van der Waals surface area contributed by atoms with Crippen LogP contribution in [0.5, 0.6) is 11.5 Å². The zero-order chi connectivity index (χ0) is 22.8. The molecular weight excluding hydrogens is 430 g/mol. The number of halogens is 1. The van der Waals surface area contributed by atoms with Crippen molar-refractivity contribution in [3.63, 3.8) is 0 Å². The molecule has 0 spiro atoms. The maximum absolute atomic E-state index is 13.3. The maximum atomic E-state index is 13.3. The van der Waals surface area contributed by atoms with Gasteiger partial charge in [-0.15, -0.1) is 0 Å². The Bertz CT molecular complexity index is 1150. The highest BCUT2D eigenvalue weighted by molar-refractivity contribution is 6.31. The molecule has 0 saturated heterocycles. The van der Waals surface area contributed by atoms with Crippen LogP contribution in [0.2, 0.25) is 5.02 Å². The van der Waals surface area contributed by atoms with Crippen molar-refractivity contribution in [3.05, 3.63) is 88.4 Å². The van der Waals surface area contributed by atoms with Crippen LogP contribution in [0.25, 0.3) is 0 Å². The number of phenols is 1. The fraction of sp³-hybridized carbons (Fsp3) is 0.167. The lowest BCUT2D eigenvalue weighted by Crippen LogP contribution is -2.55. The highest BCUT2D eigenvalue weighted by Crippen LogP contribution is 2.34. The first-order valence-electron chi connectivity index (χ1n) is 10.0. The van der Waals surface area contributed by atoms with Gasteiger partial charge >= 0.3 is 0 Å². The van der Waals surface area contributed by atoms with E-state index in [1.165, 1.54) is 17.1 Å². The van der Waals surface area contributed by atoms with E-state index in [4.69, 9.17) is 16.3 Å². The van der Waals surface area contributed by atoms with E-state index in [2.05, 4.69) is 10.7 Å². The van der Waals surface area contributed by atoms with Gasteiger partial charge in [0, 0.05) is 10.7 Å². The second-order valence-corrected chi connectivity index (χ2v) is 7.99. The molecule has 32 heavy (non-hydrogen) atoms. The third kappa shape index (κ3) is 4.48. The molecule has 0 aromatic heterocycles. The topological polar surface area (TPSA) is 90.9 Å². The average molecular weight is 452 g/mol. The van der Waals surface area contributed by atoms with Gasteiger partial charge in [0.2, 0.25) is 0 Å². The first kappa shape index (κ1) is 21.5. The number of carbonyl (C=O) groups excluding carboxylic acids is 2. The van der Waals surface area contributed by atoms with E-state index in [0.717, 1.165) is 5.56 Å². The number of rotatable bonds is 5. The molecule has 8 heteroatoms. The monoisotopic (exact) mass is 451 g/mol. The smallest absolute Gasteiger partial charge is 0.279 e. The van der Waals surface area contributed by atoms with Crippen molar-refractivity contribution in [1.82, 2.24) is 10.4 Å². The van der Waals surface area contributed by atoms with Gasteiger partial charge in [0.1, 0.15) is 17.7 Å². The van der Waals surface area contributed by atoms with Crippen molar-refractivity contribution in [2.45, 2.75) is 26.1 Å². The number of hydrogen-bond acceptors (Lipinski definition) is 5. The average Bonchev–Trinajstić information content (AvgIpc) is 2.78. The lowest BCUT2D eigenvalue weighted by atomic mass is 10.0. The summed E-state index contributed by atoms with van der Waals surface area (Å²) in [5.74, 6) is -0.266. The van der Waals surface area contributed by atoms with Crippen molar-refractivity contribution in [3.8, 4) is 11.5 Å². The van der Waals surface area contributed by atoms with E-state index in [1.54, 1.807) is 49.4 Å². The van der Waals surface area contributed by atoms with Crippen molar-refractivity contribution < 1.29 is 19.4 Å². The van der Waals surface area contributed by atoms with Gasteiger partial charge in [0.25, 0.3) is 11.8 Å². The molecule has 1 aliphatic heterocycles. The van der Waals surface area contributed by atoms with Crippen molar-refractivity contribution >= 4 is 29.1 Å². The third-order valence-corrected chi connectivity index (χ3v) is 5.36. The number of nitrogens with zero attached hydrogens (tertiary/aromatic N) is 1. The predicted molar refractivity (Wildman–Crippen MR) is 122 cm³/mol. The third-order valence-electron chi connectivity index (χ3n) is 5.12. The standard InChI is InChI=1S/C24H22ClN3O4/c1-14-3-10-19(11-4-14)32-15(2)23(30)27-28-22(16-5-8-18(29)9-6-16)26-21-12-7-17(25)13-20(21)24(28)31/h3-13,15,22,26,29H,1-2H3,(H,27,30). The van der Waals surface area contributed by atoms with E-state index in [0.29, 0.717) is 27.6 Å². The second kappa shape index (κ2) is 8.80. The summed E-state index contributed by atoms with van der Waals surface area (Å²) in [6.07, 6.45) is -1.56. The molecule has 0 aliphatic carbocycles. The van der Waals surface area contributed by atoms with E-state index < -0.39 is 24.1 Å². The molecule has 0 fully saturated rings. The summed E-state index contributed by atoms with van der Waals surface area (Å²) < 4.78 is 5.73. The molecule has 0 saturated carbocycles. The van der Waals surface area contributed by atoms with Gasteiger partial charge in [-0.3, -0.25) is 15.0 Å². The molecule has 4 rings (SSSR count). The van der Waals surface area contributed by atoms with Gasteiger partial charge in [-0.2, -0.15) is 0 Å². The maximum Gasteiger partial charge on any atom is 0.279 e. The van der Waals surface area contributed by atoms with Crippen LogP contribution in [-0.4, -0.2) is 28.0 Å². The van der Waals surface area contributed by atoms with Crippen LogP contribution in [-0.2, 0) is 4.79 Å². The fourth-order valence-electron chi connectivity index (χ4n) is 3.37. The molecule has 3 aromatic rings. The quantitative estimate of drug-likeness (QED) is 0.534. The van der Waals surface area contributed by atoms with Gasteiger partial charge in [-0.25, -0.2) is 5.01 Å². The number of fused-ring (bicyclic) bond motifs is 1. The SMILES string of the molecule is Cc1ccc(OC(C)C(=O)NN2C(=O)c3cc(Cl)ccc3NC2c2ccc(O)cc2)cc1. The molecule has 2 atom stereocenters. The molecule has 1 heterocycles. The number of benzene rings is 3. The molecule has 3 aromatic carbocycles. The van der Waals surface area contributed by atoms with E-state index in [-0.39, 0.29) is 5.75 Å². The number of hydrogen-bond donors (Lipinski definition) is 3. The summed E-state index contributed by atoms with van der Waals surface area (Å²) in [6.45, 7) is 3.57. The Morgan fingerprint density at radius 2 is 1.81 bits per heavy atom. The molecule has 0 bridgehead atoms. The number of ether oxygens (including phenoxy) is 1. The summed E-state index contributed by atoms with van der Waals surface area (Å²) in [4.78, 5) is 26.2. The Labute approximate surface area is 190 Å². The van der Waals surface area contributed by atoms with Crippen LogP contribution < -0.4 is 15.5 Å². The zero-order valence-electron chi connectivity index (χ0n) is 17.5. The molecule has 7 nitrogen and oxygen atoms in total. The number of nitrogens with one attached hydrogen (secondary N) is 2. The molecule has 3 N–H and O–H groups in total. The normalized spacial score (nSPS) is 16.0. The number of hydrazine groups is 1. The minimum Gasteiger partial charge on any atom is -0.508 e. The van der Waals surface area contributed by atoms with E-state index in [1.807, 2.05) is 19.1 Å². The van der Waals surface area contributed by atoms with Crippen LogP contribution in [0.4, 0.5) is 5.69 Å². The van der Waals surface area contributed by atoms with Crippen LogP contribution in [0.15, 0.2) is 66.7 Å². The number of phenolic OH excluding ortho intramolecular Hbond substituents is 1. The minimum absolute atomic E-state index is 0.0961. The first-order chi connectivity index (χ1) is 15.3. The highest BCUT2D eigenvalue weighted by atomic mass is 35.5. The van der Waals surface area contributed by atoms with E-state index >= 15 is 0 Å². The van der Waals surface area contributed by atoms with Gasteiger partial charge < -0.3 is 15.2 Å². The van der Waals surface area contributed by atoms with Crippen molar-refractivity contribution in [2.24, 2.45) is 0 Å². The number of aromatic hydroxyl groups is 1. The summed E-state index contributed by atoms with van der Waals surface area (Å²) in [5.41, 5.74) is 5.35. The Morgan fingerprint density at radius 3 is 2.50 bits per heavy atom. The summed E-state index contributed by atoms with van der Waals surface area (Å²) in [6, 6.07) is 18.7. The molecule has 0 radical (unpaired) electrons. The zero-order valence-corrected chi connectivity index (χ0v) is 18.3. The van der Waals surface area contributed by atoms with Crippen molar-refractivity contribution in [2.75, 3.05) is 5.32 Å². The lowest BCUT2D eigenvalue weighted by molar-refractivity contribution is -0.132. The van der Waals surface area contributed by atoms with Crippen LogP contribution in [0, 0.1) is 6.92 Å². The molecule has 2 amide bonds. The van der Waals surface area contributed by atoms with Gasteiger partial charge in [-0.05, 0) is 61.9 Å². The predicted octanol–water partition coefficient (Wildman–Crippen LogP) is 4.42. The minimum atomic E-state index is -0.855. The van der Waals surface area contributed by atoms with Crippen LogP contribution >= 0.6 is 11.6 Å². The first-order valence-corrected chi connectivity index (χ1v) is 10.4. The summed E-state index contributed by atoms with van der Waals surface area (Å²) >= 11 is 6.08. The Morgan fingerprint density at radius 1 is 1.12 bits per heavy atom. The van der Waals surface area contributed by atoms with E-state index in [9.17, 15) is 14.7 Å². The van der Waals surface area contributed by atoms with Gasteiger partial charge in [0.15, 0.2) is 6.10 Å². The molecule has 1 aliphatic rings. The highest BCUT2D eigenvalue weighted by Gasteiger charge is 2.35. The van der Waals surface area contributed by atoms with Gasteiger partial charge in [0.05, 0.1) is 5.56 Å². The van der Waals surface area contributed by atoms with Crippen molar-refractivity contribution in [1.29, 1.82) is 0 Å². The van der Waals surface area contributed by atoms with Crippen LogP contribution in [0.3, 0.4) is 0 Å². The largest absolute Gasteiger partial charge is 0.508 e. The Hall–Kier alpha value is -3.71. The number of amides is 2. The molecule has 164 valence electrons.